The molecule has 0 radical (unpaired) electrons. The van der Waals surface area contributed by atoms with Gasteiger partial charge in [-0.05, 0) is 42.6 Å². The lowest BCUT2D eigenvalue weighted by atomic mass is 10.2. The lowest BCUT2D eigenvalue weighted by molar-refractivity contribution is -0.116. The minimum atomic E-state index is -0.251. The Hall–Kier alpha value is -3.30. The Morgan fingerprint density at radius 1 is 1.13 bits per heavy atom. The molecular formula is C22H27N7O2. The summed E-state index contributed by atoms with van der Waals surface area (Å²) in [4.78, 5) is 17.9. The van der Waals surface area contributed by atoms with Crippen LogP contribution in [0.25, 0.3) is 23.2 Å². The molecular weight excluding hydrogens is 394 g/mol. The number of tetrazole rings is 1. The molecule has 0 spiro atoms. The number of carbonyl (C=O) groups excluding carboxylic acids is 1. The van der Waals surface area contributed by atoms with Crippen molar-refractivity contribution < 1.29 is 9.21 Å². The maximum Gasteiger partial charge on any atom is 0.270 e. The second kappa shape index (κ2) is 10.1. The highest BCUT2D eigenvalue weighted by molar-refractivity contribution is 6.18. The molecule has 3 heterocycles. The zero-order valence-electron chi connectivity index (χ0n) is 17.6. The predicted molar refractivity (Wildman–Crippen MR) is 118 cm³/mol. The van der Waals surface area contributed by atoms with E-state index in [1.165, 1.54) is 4.68 Å². The van der Waals surface area contributed by atoms with E-state index < -0.39 is 0 Å². The minimum absolute atomic E-state index is 0.251. The van der Waals surface area contributed by atoms with Crippen LogP contribution in [-0.4, -0.2) is 82.2 Å². The number of nitrogens with zero attached hydrogens (tertiary/aromatic N) is 6. The van der Waals surface area contributed by atoms with Crippen molar-refractivity contribution in [1.29, 1.82) is 0 Å². The van der Waals surface area contributed by atoms with Gasteiger partial charge in [-0.1, -0.05) is 30.3 Å². The van der Waals surface area contributed by atoms with Gasteiger partial charge in [-0.3, -0.25) is 4.79 Å². The third-order valence-electron chi connectivity index (χ3n) is 5.32. The van der Waals surface area contributed by atoms with Gasteiger partial charge in [-0.25, -0.2) is 0 Å². The van der Waals surface area contributed by atoms with E-state index in [0.29, 0.717) is 23.8 Å². The average Bonchev–Trinajstić information content (AvgIpc) is 3.49. The monoisotopic (exact) mass is 421 g/mol. The summed E-state index contributed by atoms with van der Waals surface area (Å²) < 4.78 is 6.87. The SMILES string of the molecule is CN1CCN(CCCNC(=O)/C(=C/c2ccco2)n2nnnc2-c2ccccc2)CC1. The van der Waals surface area contributed by atoms with E-state index in [1.54, 1.807) is 24.5 Å². The largest absolute Gasteiger partial charge is 0.465 e. The Morgan fingerprint density at radius 3 is 2.68 bits per heavy atom. The molecule has 9 heteroatoms. The fourth-order valence-electron chi connectivity index (χ4n) is 3.51. The standard InChI is InChI=1S/C22H27N7O2/c1-27-12-14-28(15-13-27)11-6-10-23-22(30)20(17-19-9-5-16-31-19)29-21(24-25-26-29)18-7-3-2-4-8-18/h2-5,7-9,16-17H,6,10-15H2,1H3,(H,23,30)/b20-17-. The molecule has 31 heavy (non-hydrogen) atoms. The first-order valence-corrected chi connectivity index (χ1v) is 10.5. The van der Waals surface area contributed by atoms with Crippen LogP contribution in [0.1, 0.15) is 12.2 Å². The van der Waals surface area contributed by atoms with Crippen LogP contribution >= 0.6 is 0 Å². The third kappa shape index (κ3) is 5.44. The number of aromatic nitrogens is 4. The highest BCUT2D eigenvalue weighted by Gasteiger charge is 2.20. The third-order valence-corrected chi connectivity index (χ3v) is 5.32. The highest BCUT2D eigenvalue weighted by Crippen LogP contribution is 2.20. The molecule has 2 aromatic heterocycles. The zero-order valence-corrected chi connectivity index (χ0v) is 17.6. The number of nitrogens with one attached hydrogen (secondary N) is 1. The smallest absolute Gasteiger partial charge is 0.270 e. The molecule has 0 aliphatic carbocycles. The highest BCUT2D eigenvalue weighted by atomic mass is 16.3. The molecule has 9 nitrogen and oxygen atoms in total. The summed E-state index contributed by atoms with van der Waals surface area (Å²) in [5.41, 5.74) is 1.12. The number of hydrogen-bond acceptors (Lipinski definition) is 7. The van der Waals surface area contributed by atoms with Gasteiger partial charge in [0.05, 0.1) is 6.26 Å². The fourth-order valence-corrected chi connectivity index (χ4v) is 3.51. The maximum atomic E-state index is 13.1. The van der Waals surface area contributed by atoms with Crippen molar-refractivity contribution in [1.82, 2.24) is 35.3 Å². The summed E-state index contributed by atoms with van der Waals surface area (Å²) in [7, 11) is 2.15. The molecule has 1 saturated heterocycles. The van der Waals surface area contributed by atoms with Gasteiger partial charge in [0, 0.05) is 44.4 Å². The van der Waals surface area contributed by atoms with Crippen molar-refractivity contribution in [2.75, 3.05) is 46.3 Å². The van der Waals surface area contributed by atoms with E-state index in [9.17, 15) is 4.79 Å². The van der Waals surface area contributed by atoms with Gasteiger partial charge < -0.3 is 19.5 Å². The van der Waals surface area contributed by atoms with E-state index in [-0.39, 0.29) is 5.91 Å². The van der Waals surface area contributed by atoms with Crippen LogP contribution < -0.4 is 5.32 Å². The number of piperazine rings is 1. The first kappa shape index (κ1) is 21.0. The van der Waals surface area contributed by atoms with Gasteiger partial charge in [0.1, 0.15) is 11.5 Å². The lowest BCUT2D eigenvalue weighted by Crippen LogP contribution is -2.45. The van der Waals surface area contributed by atoms with Crippen molar-refractivity contribution in [2.45, 2.75) is 6.42 Å². The van der Waals surface area contributed by atoms with E-state index >= 15 is 0 Å². The number of likely N-dealkylation sites (N-methyl/N-ethyl adjacent to an activating group) is 1. The quantitative estimate of drug-likeness (QED) is 0.437. The molecule has 0 unspecified atom stereocenters. The van der Waals surface area contributed by atoms with Gasteiger partial charge in [0.25, 0.3) is 5.91 Å². The van der Waals surface area contributed by atoms with Crippen molar-refractivity contribution in [3.8, 4) is 11.4 Å². The Labute approximate surface area is 181 Å². The summed E-state index contributed by atoms with van der Waals surface area (Å²) >= 11 is 0. The summed E-state index contributed by atoms with van der Waals surface area (Å²) in [6, 6.07) is 13.1. The minimum Gasteiger partial charge on any atom is -0.465 e. The predicted octanol–water partition coefficient (Wildman–Crippen LogP) is 1.68. The lowest BCUT2D eigenvalue weighted by Gasteiger charge is -2.32. The molecule has 0 saturated carbocycles. The molecule has 0 atom stereocenters. The Morgan fingerprint density at radius 2 is 1.94 bits per heavy atom. The van der Waals surface area contributed by atoms with E-state index in [4.69, 9.17) is 4.42 Å². The van der Waals surface area contributed by atoms with Gasteiger partial charge in [0.15, 0.2) is 5.82 Å². The number of furan rings is 1. The van der Waals surface area contributed by atoms with E-state index in [0.717, 1.165) is 44.7 Å². The number of rotatable bonds is 8. The fraction of sp³-hybridized carbons (Fsp3) is 0.364. The molecule has 1 fully saturated rings. The van der Waals surface area contributed by atoms with E-state index in [1.807, 2.05) is 30.3 Å². The molecule has 162 valence electrons. The number of benzene rings is 1. The van der Waals surface area contributed by atoms with Crippen LogP contribution in [0.3, 0.4) is 0 Å². The summed E-state index contributed by atoms with van der Waals surface area (Å²) in [5.74, 6) is 0.794. The van der Waals surface area contributed by atoms with Gasteiger partial charge >= 0.3 is 0 Å². The zero-order chi connectivity index (χ0) is 21.5. The van der Waals surface area contributed by atoms with Crippen LogP contribution in [-0.2, 0) is 4.79 Å². The van der Waals surface area contributed by atoms with Crippen molar-refractivity contribution >= 4 is 17.7 Å². The summed E-state index contributed by atoms with van der Waals surface area (Å²) in [6.07, 6.45) is 4.10. The maximum absolute atomic E-state index is 13.1. The second-order valence-electron chi connectivity index (χ2n) is 7.58. The second-order valence-corrected chi connectivity index (χ2v) is 7.58. The van der Waals surface area contributed by atoms with E-state index in [2.05, 4.69) is 37.7 Å². The van der Waals surface area contributed by atoms with Gasteiger partial charge in [-0.15, -0.1) is 5.10 Å². The molecule has 1 amide bonds. The van der Waals surface area contributed by atoms with Crippen LogP contribution in [0, 0.1) is 0 Å². The topological polar surface area (TPSA) is 92.3 Å². The van der Waals surface area contributed by atoms with Crippen molar-refractivity contribution in [3.05, 3.63) is 54.5 Å². The molecule has 1 aliphatic rings. The average molecular weight is 422 g/mol. The molecule has 3 aromatic rings. The van der Waals surface area contributed by atoms with Gasteiger partial charge in [-0.2, -0.15) is 4.68 Å². The summed E-state index contributed by atoms with van der Waals surface area (Å²) in [6.45, 7) is 5.85. The molecule has 1 N–H and O–H groups in total. The molecule has 4 rings (SSSR count). The first-order chi connectivity index (χ1) is 15.2. The Balaban J connectivity index is 1.45. The van der Waals surface area contributed by atoms with Crippen LogP contribution in [0.4, 0.5) is 0 Å². The number of amides is 1. The van der Waals surface area contributed by atoms with Crippen LogP contribution in [0.15, 0.2) is 53.1 Å². The van der Waals surface area contributed by atoms with Crippen molar-refractivity contribution in [3.63, 3.8) is 0 Å². The Bertz CT molecular complexity index is 990. The van der Waals surface area contributed by atoms with Crippen molar-refractivity contribution in [2.24, 2.45) is 0 Å². The Kier molecular flexibility index (Phi) is 6.85. The normalized spacial score (nSPS) is 15.8. The van der Waals surface area contributed by atoms with Gasteiger partial charge in [0.2, 0.25) is 0 Å². The van der Waals surface area contributed by atoms with Crippen LogP contribution in [0.2, 0.25) is 0 Å². The first-order valence-electron chi connectivity index (χ1n) is 10.5. The molecule has 0 bridgehead atoms. The number of carbonyl (C=O) groups is 1. The van der Waals surface area contributed by atoms with Crippen LogP contribution in [0.5, 0.6) is 0 Å². The molecule has 1 aromatic carbocycles. The summed E-state index contributed by atoms with van der Waals surface area (Å²) in [5, 5.41) is 15.0. The molecule has 1 aliphatic heterocycles. The number of hydrogen-bond donors (Lipinski definition) is 1.